The first-order valence-electron chi connectivity index (χ1n) is 1.15. The van der Waals surface area contributed by atoms with Crippen LogP contribution in [0.2, 0.25) is 0 Å². The van der Waals surface area contributed by atoms with Gasteiger partial charge in [-0.2, -0.15) is 0 Å². The summed E-state index contributed by atoms with van der Waals surface area (Å²) in [6.45, 7) is 1.53. The van der Waals surface area contributed by atoms with E-state index in [2.05, 4.69) is 12.8 Å². The predicted molar refractivity (Wildman–Crippen MR) is 38.9 cm³/mol. The fourth-order valence-electron chi connectivity index (χ4n) is 0. The average molecular weight is 285 g/mol. The van der Waals surface area contributed by atoms with Gasteiger partial charge in [-0.05, 0) is 6.92 Å². The van der Waals surface area contributed by atoms with E-state index in [-0.39, 0.29) is 18.2 Å². The second kappa shape index (κ2) is 15.7. The van der Waals surface area contributed by atoms with Gasteiger partial charge in [-0.1, -0.05) is 0 Å². The number of hydrogen-bond acceptors (Lipinski definition) is 1. The molecule has 0 atom stereocenters. The zero-order valence-electron chi connectivity index (χ0n) is 3.67. The van der Waals surface area contributed by atoms with E-state index in [4.69, 9.17) is 11.1 Å². The van der Waals surface area contributed by atoms with Gasteiger partial charge >= 0.3 is 33.1 Å². The third-order valence-electron chi connectivity index (χ3n) is 0. The van der Waals surface area contributed by atoms with Gasteiger partial charge in [0, 0.05) is 0 Å². The van der Waals surface area contributed by atoms with Gasteiger partial charge in [0.2, 0.25) is 0 Å². The molecule has 7 heavy (non-hydrogen) atoms. The molecule has 50 valence electrons. The van der Waals surface area contributed by atoms with Gasteiger partial charge in [0.15, 0.2) is 0 Å². The van der Waals surface area contributed by atoms with E-state index in [1.165, 1.54) is 6.92 Å². The minimum atomic E-state index is 0. The van der Waals surface area contributed by atoms with E-state index >= 15 is 0 Å². The van der Waals surface area contributed by atoms with Gasteiger partial charge < -0.3 is 5.73 Å². The van der Waals surface area contributed by atoms with Crippen molar-refractivity contribution in [2.45, 2.75) is 6.92 Å². The molecule has 0 aliphatic carbocycles. The quantitative estimate of drug-likeness (QED) is 0.299. The van der Waals surface area contributed by atoms with Crippen LogP contribution in [0.1, 0.15) is 6.92 Å². The molecule has 0 aliphatic heterocycles. The van der Waals surface area contributed by atoms with Crippen LogP contribution >= 0.6 is 32.8 Å². The molecule has 0 amide bonds. The molecule has 0 aromatic carbocycles. The van der Waals surface area contributed by atoms with Crippen molar-refractivity contribution in [2.75, 3.05) is 0 Å². The van der Waals surface area contributed by atoms with Crippen LogP contribution < -0.4 is 5.73 Å². The number of rotatable bonds is 0. The molecular formula is C2H7ClCuIN2. The average Bonchev–Trinajstić information content (AvgIpc) is 1.41. The van der Waals surface area contributed by atoms with E-state index in [1.54, 1.807) is 20.3 Å². The number of halogens is 2. The molecule has 0 aliphatic rings. The summed E-state index contributed by atoms with van der Waals surface area (Å²) in [6, 6.07) is 0. The molecule has 0 saturated carbocycles. The fourth-order valence-corrected chi connectivity index (χ4v) is 0. The van der Waals surface area contributed by atoms with Crippen molar-refractivity contribution in [1.29, 1.82) is 5.41 Å². The summed E-state index contributed by atoms with van der Waals surface area (Å²) in [6.07, 6.45) is 0. The van der Waals surface area contributed by atoms with Crippen molar-refractivity contribution in [3.8, 4) is 0 Å². The van der Waals surface area contributed by atoms with E-state index in [9.17, 15) is 0 Å². The summed E-state index contributed by atoms with van der Waals surface area (Å²) in [5.41, 5.74) is 4.69. The summed E-state index contributed by atoms with van der Waals surface area (Å²) >= 11 is 5.87. The van der Waals surface area contributed by atoms with Crippen LogP contribution in [-0.4, -0.2) is 5.84 Å². The Balaban J connectivity index is -0.0000000480. The standard InChI is InChI=1S/C2H6N2.ClH.Cu.HI/c1-2(3)4;;;/h1H3,(H3,3,4);1H;;1H/q;;+1;/p-1. The molecule has 0 aromatic heterocycles. The molecule has 0 unspecified atom stereocenters. The van der Waals surface area contributed by atoms with Crippen molar-refractivity contribution >= 4 is 38.6 Å². The summed E-state index contributed by atoms with van der Waals surface area (Å²) in [4.78, 5) is 0. The minimum absolute atomic E-state index is 0. The Labute approximate surface area is 69.1 Å². The van der Waals surface area contributed by atoms with Crippen LogP contribution in [0.4, 0.5) is 0 Å². The molecular weight excluding hydrogens is 278 g/mol. The Bertz CT molecular complexity index is 38.7. The predicted octanol–water partition coefficient (Wildman–Crippen LogP) is 1.25. The van der Waals surface area contributed by atoms with Crippen LogP contribution in [0, 0.1) is 5.41 Å². The molecule has 0 aromatic rings. The first-order valence-corrected chi connectivity index (χ1v) is 4.19. The van der Waals surface area contributed by atoms with E-state index < -0.39 is 0 Å². The topological polar surface area (TPSA) is 49.9 Å². The van der Waals surface area contributed by atoms with Crippen LogP contribution in [0.3, 0.4) is 0 Å². The summed E-state index contributed by atoms with van der Waals surface area (Å²) in [5, 5.41) is 6.28. The van der Waals surface area contributed by atoms with Gasteiger partial charge in [-0.15, -0.1) is 12.4 Å². The van der Waals surface area contributed by atoms with Crippen molar-refractivity contribution in [3.63, 3.8) is 0 Å². The Kier molecular flexibility index (Phi) is 35.3. The van der Waals surface area contributed by atoms with Gasteiger partial charge in [0.25, 0.3) is 0 Å². The van der Waals surface area contributed by atoms with Gasteiger partial charge in [-0.25, -0.2) is 0 Å². The Morgan fingerprint density at radius 2 is 1.71 bits per heavy atom. The third-order valence-corrected chi connectivity index (χ3v) is 0. The van der Waals surface area contributed by atoms with Crippen molar-refractivity contribution in [1.82, 2.24) is 0 Å². The first kappa shape index (κ1) is 15.7. The number of amidine groups is 1. The van der Waals surface area contributed by atoms with Crippen LogP contribution in [-0.2, 0) is 12.8 Å². The monoisotopic (exact) mass is 284 g/mol. The zero-order valence-corrected chi connectivity index (χ0v) is 7.58. The Hall–Kier alpha value is 1.01. The van der Waals surface area contributed by atoms with Crippen molar-refractivity contribution in [3.05, 3.63) is 0 Å². The molecule has 2 nitrogen and oxygen atoms in total. The second-order valence-electron chi connectivity index (χ2n) is 0.683. The van der Waals surface area contributed by atoms with E-state index in [0.29, 0.717) is 0 Å². The maximum atomic E-state index is 6.28. The third kappa shape index (κ3) is 173. The summed E-state index contributed by atoms with van der Waals surface area (Å²) < 4.78 is 0. The van der Waals surface area contributed by atoms with Crippen molar-refractivity contribution in [2.24, 2.45) is 5.73 Å². The molecule has 0 heterocycles. The van der Waals surface area contributed by atoms with E-state index in [1.807, 2.05) is 0 Å². The van der Waals surface area contributed by atoms with Gasteiger partial charge in [-0.3, -0.25) is 5.41 Å². The van der Waals surface area contributed by atoms with Crippen molar-refractivity contribution < 1.29 is 12.8 Å². The number of nitrogens with one attached hydrogen (secondary N) is 1. The maximum absolute atomic E-state index is 6.28. The first-order chi connectivity index (χ1) is 2.73. The molecule has 0 saturated heterocycles. The van der Waals surface area contributed by atoms with E-state index in [0.717, 1.165) is 0 Å². The normalized spacial score (nSPS) is 4.57. The van der Waals surface area contributed by atoms with Crippen LogP contribution in [0.15, 0.2) is 0 Å². The van der Waals surface area contributed by atoms with Crippen LogP contribution in [0.5, 0.6) is 0 Å². The molecule has 5 heteroatoms. The molecule has 0 bridgehead atoms. The number of hydrogen-bond donors (Lipinski definition) is 2. The van der Waals surface area contributed by atoms with Crippen LogP contribution in [0.25, 0.3) is 0 Å². The summed E-state index contributed by atoms with van der Waals surface area (Å²) in [7, 11) is 0. The molecule has 3 N–H and O–H groups in total. The molecule has 0 rings (SSSR count). The SMILES string of the molecule is CC(=N)N.Cl.[Cu][I]. The zero-order chi connectivity index (χ0) is 5.58. The Morgan fingerprint density at radius 1 is 1.71 bits per heavy atom. The fraction of sp³-hybridized carbons (Fsp3) is 0.500. The van der Waals surface area contributed by atoms with Gasteiger partial charge in [0.1, 0.15) is 0 Å². The van der Waals surface area contributed by atoms with Gasteiger partial charge in [0.05, 0.1) is 5.84 Å². The number of nitrogens with two attached hydrogens (primary N) is 1. The molecule has 0 radical (unpaired) electrons. The Morgan fingerprint density at radius 3 is 1.71 bits per heavy atom. The molecule has 0 fully saturated rings. The molecule has 0 spiro atoms. The second-order valence-corrected chi connectivity index (χ2v) is 0.683. The summed E-state index contributed by atoms with van der Waals surface area (Å²) in [5.74, 6) is 0.167.